The third kappa shape index (κ3) is 4.87. The van der Waals surface area contributed by atoms with Crippen LogP contribution >= 0.6 is 0 Å². The molecule has 1 N–H and O–H groups in total. The molecule has 0 amide bonds. The van der Waals surface area contributed by atoms with Crippen molar-refractivity contribution in [3.63, 3.8) is 0 Å². The summed E-state index contributed by atoms with van der Waals surface area (Å²) in [5.41, 5.74) is -0.331. The van der Waals surface area contributed by atoms with Crippen LogP contribution in [0.2, 0.25) is 0 Å². The molecule has 0 heterocycles. The SMILES string of the molecule is CCC(C)(C)OCCOc1ccc(C(=O)O)cc1F. The first-order chi connectivity index (χ1) is 8.85. The third-order valence-electron chi connectivity index (χ3n) is 2.86. The first kappa shape index (κ1) is 15.4. The fraction of sp³-hybridized carbons (Fsp3) is 0.500. The highest BCUT2D eigenvalue weighted by atomic mass is 19.1. The van der Waals surface area contributed by atoms with E-state index in [4.69, 9.17) is 14.6 Å². The minimum Gasteiger partial charge on any atom is -0.488 e. The summed E-state index contributed by atoms with van der Waals surface area (Å²) in [6.07, 6.45) is 0.870. The van der Waals surface area contributed by atoms with Gasteiger partial charge in [-0.25, -0.2) is 9.18 Å². The summed E-state index contributed by atoms with van der Waals surface area (Å²) in [4.78, 5) is 10.6. The molecule has 0 aliphatic rings. The average Bonchev–Trinajstić information content (AvgIpc) is 2.36. The number of hydrogen-bond acceptors (Lipinski definition) is 3. The Bertz CT molecular complexity index is 443. The molecule has 19 heavy (non-hydrogen) atoms. The largest absolute Gasteiger partial charge is 0.488 e. The maximum Gasteiger partial charge on any atom is 0.335 e. The monoisotopic (exact) mass is 270 g/mol. The van der Waals surface area contributed by atoms with Gasteiger partial charge < -0.3 is 14.6 Å². The first-order valence-corrected chi connectivity index (χ1v) is 6.15. The fourth-order valence-corrected chi connectivity index (χ4v) is 1.32. The van der Waals surface area contributed by atoms with Crippen molar-refractivity contribution in [2.45, 2.75) is 32.8 Å². The van der Waals surface area contributed by atoms with Gasteiger partial charge in [-0.15, -0.1) is 0 Å². The van der Waals surface area contributed by atoms with Crippen LogP contribution in [0.1, 0.15) is 37.6 Å². The molecule has 0 atom stereocenters. The van der Waals surface area contributed by atoms with Crippen molar-refractivity contribution in [3.8, 4) is 5.75 Å². The van der Waals surface area contributed by atoms with Gasteiger partial charge in [-0.05, 0) is 38.5 Å². The van der Waals surface area contributed by atoms with Gasteiger partial charge in [0.2, 0.25) is 0 Å². The molecule has 106 valence electrons. The predicted octanol–water partition coefficient (Wildman–Crippen LogP) is 3.11. The zero-order valence-corrected chi connectivity index (χ0v) is 11.4. The molecule has 0 saturated heterocycles. The number of hydrogen-bond donors (Lipinski definition) is 1. The summed E-state index contributed by atoms with van der Waals surface area (Å²) in [5.74, 6) is -1.82. The lowest BCUT2D eigenvalue weighted by molar-refractivity contribution is -0.0320. The molecule has 0 saturated carbocycles. The molecular weight excluding hydrogens is 251 g/mol. The third-order valence-corrected chi connectivity index (χ3v) is 2.86. The van der Waals surface area contributed by atoms with E-state index in [9.17, 15) is 9.18 Å². The van der Waals surface area contributed by atoms with Gasteiger partial charge in [-0.1, -0.05) is 6.92 Å². The van der Waals surface area contributed by atoms with Crippen LogP contribution in [0.5, 0.6) is 5.75 Å². The number of carboxylic acid groups (broad SMARTS) is 1. The number of carboxylic acids is 1. The molecule has 1 rings (SSSR count). The highest BCUT2D eigenvalue weighted by Gasteiger charge is 2.15. The minimum atomic E-state index is -1.17. The summed E-state index contributed by atoms with van der Waals surface area (Å²) in [5, 5.41) is 8.70. The lowest BCUT2D eigenvalue weighted by Crippen LogP contribution is -2.25. The molecule has 0 aliphatic heterocycles. The van der Waals surface area contributed by atoms with E-state index in [0.717, 1.165) is 12.5 Å². The van der Waals surface area contributed by atoms with Gasteiger partial charge in [-0.2, -0.15) is 0 Å². The summed E-state index contributed by atoms with van der Waals surface area (Å²) in [6.45, 7) is 6.52. The number of ether oxygens (including phenoxy) is 2. The number of aromatic carboxylic acids is 1. The van der Waals surface area contributed by atoms with Crippen LogP contribution in [0, 0.1) is 5.82 Å². The van der Waals surface area contributed by atoms with Crippen LogP contribution in [0.25, 0.3) is 0 Å². The summed E-state index contributed by atoms with van der Waals surface area (Å²) in [7, 11) is 0. The van der Waals surface area contributed by atoms with Crippen molar-refractivity contribution in [2.24, 2.45) is 0 Å². The van der Waals surface area contributed by atoms with Crippen LogP contribution in [0.4, 0.5) is 4.39 Å². The molecule has 0 radical (unpaired) electrons. The Balaban J connectivity index is 2.48. The van der Waals surface area contributed by atoms with E-state index in [1.165, 1.54) is 12.1 Å². The van der Waals surface area contributed by atoms with Gasteiger partial charge in [0.15, 0.2) is 11.6 Å². The molecule has 0 bridgehead atoms. The van der Waals surface area contributed by atoms with E-state index in [2.05, 4.69) is 0 Å². The molecule has 0 aliphatic carbocycles. The summed E-state index contributed by atoms with van der Waals surface area (Å²) >= 11 is 0. The zero-order valence-electron chi connectivity index (χ0n) is 11.4. The van der Waals surface area contributed by atoms with Crippen molar-refractivity contribution < 1.29 is 23.8 Å². The lowest BCUT2D eigenvalue weighted by Gasteiger charge is -2.23. The van der Waals surface area contributed by atoms with Gasteiger partial charge in [0.25, 0.3) is 0 Å². The van der Waals surface area contributed by atoms with Crippen molar-refractivity contribution in [3.05, 3.63) is 29.6 Å². The minimum absolute atomic E-state index is 0.0305. The van der Waals surface area contributed by atoms with E-state index >= 15 is 0 Å². The van der Waals surface area contributed by atoms with Crippen molar-refractivity contribution in [1.82, 2.24) is 0 Å². The standard InChI is InChI=1S/C14H19FO4/c1-4-14(2,3)19-8-7-18-12-6-5-10(13(16)17)9-11(12)15/h5-6,9H,4,7-8H2,1-3H3,(H,16,17). The topological polar surface area (TPSA) is 55.8 Å². The van der Waals surface area contributed by atoms with Crippen molar-refractivity contribution >= 4 is 5.97 Å². The van der Waals surface area contributed by atoms with Gasteiger partial charge in [0.1, 0.15) is 6.61 Å². The van der Waals surface area contributed by atoms with Crippen molar-refractivity contribution in [2.75, 3.05) is 13.2 Å². The lowest BCUT2D eigenvalue weighted by atomic mass is 10.1. The normalized spacial score (nSPS) is 11.4. The van der Waals surface area contributed by atoms with E-state index in [1.807, 2.05) is 20.8 Å². The van der Waals surface area contributed by atoms with Crippen LogP contribution in [-0.4, -0.2) is 29.9 Å². The smallest absolute Gasteiger partial charge is 0.335 e. The maximum atomic E-state index is 13.5. The van der Waals surface area contributed by atoms with E-state index < -0.39 is 11.8 Å². The second-order valence-electron chi connectivity index (χ2n) is 4.76. The van der Waals surface area contributed by atoms with Gasteiger partial charge in [0.05, 0.1) is 17.8 Å². The van der Waals surface area contributed by atoms with Gasteiger partial charge in [0, 0.05) is 0 Å². The zero-order chi connectivity index (χ0) is 14.5. The van der Waals surface area contributed by atoms with E-state index in [-0.39, 0.29) is 23.5 Å². The molecule has 1 aromatic rings. The summed E-state index contributed by atoms with van der Waals surface area (Å²) < 4.78 is 24.3. The number of benzene rings is 1. The first-order valence-electron chi connectivity index (χ1n) is 6.15. The maximum absolute atomic E-state index is 13.5. The van der Waals surface area contributed by atoms with Crippen molar-refractivity contribution in [1.29, 1.82) is 0 Å². The van der Waals surface area contributed by atoms with Gasteiger partial charge in [-0.3, -0.25) is 0 Å². The Hall–Kier alpha value is -1.62. The molecule has 0 fully saturated rings. The van der Waals surface area contributed by atoms with E-state index in [1.54, 1.807) is 0 Å². The molecule has 4 nitrogen and oxygen atoms in total. The van der Waals surface area contributed by atoms with Gasteiger partial charge >= 0.3 is 5.97 Å². The summed E-state index contributed by atoms with van der Waals surface area (Å²) in [6, 6.07) is 3.55. The van der Waals surface area contributed by atoms with Crippen LogP contribution in [-0.2, 0) is 4.74 Å². The quantitative estimate of drug-likeness (QED) is 0.773. The highest BCUT2D eigenvalue weighted by Crippen LogP contribution is 2.19. The highest BCUT2D eigenvalue weighted by molar-refractivity contribution is 5.87. The average molecular weight is 270 g/mol. The van der Waals surface area contributed by atoms with Crippen LogP contribution < -0.4 is 4.74 Å². The molecule has 5 heteroatoms. The Morgan fingerprint density at radius 2 is 2.05 bits per heavy atom. The molecular formula is C14H19FO4. The van der Waals surface area contributed by atoms with Crippen LogP contribution in [0.15, 0.2) is 18.2 Å². The number of halogens is 1. The molecule has 1 aromatic carbocycles. The Kier molecular flexibility index (Phi) is 5.30. The molecule has 0 aromatic heterocycles. The number of rotatable bonds is 7. The van der Waals surface area contributed by atoms with Crippen LogP contribution in [0.3, 0.4) is 0 Å². The fourth-order valence-electron chi connectivity index (χ4n) is 1.32. The predicted molar refractivity (Wildman–Crippen MR) is 69.2 cm³/mol. The Morgan fingerprint density at radius 1 is 1.37 bits per heavy atom. The molecule has 0 unspecified atom stereocenters. The second-order valence-corrected chi connectivity index (χ2v) is 4.76. The van der Waals surface area contributed by atoms with E-state index in [0.29, 0.717) is 6.61 Å². The second kappa shape index (κ2) is 6.52. The molecule has 0 spiro atoms. The Labute approximate surface area is 112 Å². The number of carbonyl (C=O) groups is 1. The Morgan fingerprint density at radius 3 is 2.58 bits per heavy atom.